The Morgan fingerprint density at radius 2 is 1.94 bits per heavy atom. The summed E-state index contributed by atoms with van der Waals surface area (Å²) >= 11 is 11.7. The average molecular weight is 308 g/mol. The van der Waals surface area contributed by atoms with Crippen molar-refractivity contribution in [1.29, 1.82) is 0 Å². The molecule has 18 heavy (non-hydrogen) atoms. The number of hydrogen-bond acceptors (Lipinski definition) is 2. The van der Waals surface area contributed by atoms with Crippen LogP contribution in [0.4, 0.5) is 0 Å². The van der Waals surface area contributed by atoms with Crippen LogP contribution in [0.2, 0.25) is 10.0 Å². The number of hydrogen-bond donors (Lipinski definition) is 0. The van der Waals surface area contributed by atoms with Crippen molar-refractivity contribution in [2.24, 2.45) is 0 Å². The zero-order valence-electron chi connectivity index (χ0n) is 10.1. The molecule has 1 aromatic rings. The van der Waals surface area contributed by atoms with Gasteiger partial charge < -0.3 is 0 Å². The molecule has 1 fully saturated rings. The fourth-order valence-electron chi connectivity index (χ4n) is 2.20. The van der Waals surface area contributed by atoms with E-state index in [0.717, 1.165) is 19.3 Å². The molecule has 0 N–H and O–H groups in total. The molecular weight excluding hydrogens is 293 g/mol. The molecule has 6 heteroatoms. The Morgan fingerprint density at radius 1 is 1.22 bits per heavy atom. The molecule has 3 nitrogen and oxygen atoms in total. The predicted molar refractivity (Wildman–Crippen MR) is 73.7 cm³/mol. The van der Waals surface area contributed by atoms with Gasteiger partial charge in [-0.25, -0.2) is 8.42 Å². The van der Waals surface area contributed by atoms with Crippen LogP contribution in [0.25, 0.3) is 0 Å². The third-order valence-corrected chi connectivity index (χ3v) is 5.99. The maximum Gasteiger partial charge on any atom is 0.243 e. The van der Waals surface area contributed by atoms with Gasteiger partial charge >= 0.3 is 0 Å². The lowest BCUT2D eigenvalue weighted by Gasteiger charge is -2.32. The quantitative estimate of drug-likeness (QED) is 0.838. The molecule has 0 spiro atoms. The first kappa shape index (κ1) is 14.1. The topological polar surface area (TPSA) is 37.4 Å². The molecule has 100 valence electrons. The molecule has 1 aliphatic heterocycles. The Balaban J connectivity index is 2.37. The smallest absolute Gasteiger partial charge is 0.207 e. The van der Waals surface area contributed by atoms with Crippen molar-refractivity contribution in [2.75, 3.05) is 6.54 Å². The van der Waals surface area contributed by atoms with Crippen LogP contribution in [0.15, 0.2) is 23.1 Å². The number of rotatable bonds is 2. The van der Waals surface area contributed by atoms with Gasteiger partial charge in [0.15, 0.2) is 0 Å². The molecule has 0 radical (unpaired) electrons. The summed E-state index contributed by atoms with van der Waals surface area (Å²) in [6.07, 6.45) is 2.89. The van der Waals surface area contributed by atoms with Gasteiger partial charge in [0, 0.05) is 12.6 Å². The predicted octanol–water partition coefficient (Wildman–Crippen LogP) is 3.56. The van der Waals surface area contributed by atoms with Crippen LogP contribution in [-0.2, 0) is 10.0 Å². The number of halogens is 2. The maximum absolute atomic E-state index is 12.5. The van der Waals surface area contributed by atoms with Crippen LogP contribution in [0.5, 0.6) is 0 Å². The minimum Gasteiger partial charge on any atom is -0.207 e. The Labute approximate surface area is 118 Å². The van der Waals surface area contributed by atoms with E-state index in [1.54, 1.807) is 4.31 Å². The second kappa shape index (κ2) is 5.37. The molecule has 1 aromatic carbocycles. The minimum absolute atomic E-state index is 0.0400. The molecule has 2 rings (SSSR count). The highest BCUT2D eigenvalue weighted by Gasteiger charge is 2.31. The van der Waals surface area contributed by atoms with Crippen molar-refractivity contribution in [3.8, 4) is 0 Å². The molecule has 0 amide bonds. The highest BCUT2D eigenvalue weighted by atomic mass is 35.5. The van der Waals surface area contributed by atoms with Crippen LogP contribution in [0.3, 0.4) is 0 Å². The van der Waals surface area contributed by atoms with Gasteiger partial charge in [-0.2, -0.15) is 4.31 Å². The third-order valence-electron chi connectivity index (χ3n) is 3.24. The Kier molecular flexibility index (Phi) is 4.22. The van der Waals surface area contributed by atoms with Gasteiger partial charge in [-0.3, -0.25) is 0 Å². The Hall–Kier alpha value is -0.290. The summed E-state index contributed by atoms with van der Waals surface area (Å²) in [6, 6.07) is 4.48. The first-order valence-corrected chi connectivity index (χ1v) is 8.09. The van der Waals surface area contributed by atoms with Gasteiger partial charge in [-0.05, 0) is 38.0 Å². The molecule has 1 heterocycles. The molecular formula is C12H15Cl2NO2S. The maximum atomic E-state index is 12.5. The minimum atomic E-state index is -3.46. The van der Waals surface area contributed by atoms with E-state index in [4.69, 9.17) is 23.2 Å². The Morgan fingerprint density at radius 3 is 2.56 bits per heavy atom. The lowest BCUT2D eigenvalue weighted by atomic mass is 10.1. The first-order chi connectivity index (χ1) is 8.43. The van der Waals surface area contributed by atoms with Gasteiger partial charge in [-0.1, -0.05) is 29.6 Å². The first-order valence-electron chi connectivity index (χ1n) is 5.90. The molecule has 0 saturated carbocycles. The highest BCUT2D eigenvalue weighted by molar-refractivity contribution is 7.89. The second-order valence-corrected chi connectivity index (χ2v) is 7.24. The number of piperidine rings is 1. The SMILES string of the molecule is CC1CCCCN1S(=O)(=O)c1ccc(Cl)c(Cl)c1. The van der Waals surface area contributed by atoms with Crippen molar-refractivity contribution in [3.63, 3.8) is 0 Å². The van der Waals surface area contributed by atoms with E-state index in [9.17, 15) is 8.42 Å². The molecule has 0 bridgehead atoms. The van der Waals surface area contributed by atoms with Gasteiger partial charge in [0.1, 0.15) is 0 Å². The number of nitrogens with zero attached hydrogens (tertiary/aromatic N) is 1. The van der Waals surface area contributed by atoms with E-state index in [2.05, 4.69) is 0 Å². The van der Waals surface area contributed by atoms with E-state index in [1.165, 1.54) is 18.2 Å². The largest absolute Gasteiger partial charge is 0.243 e. The number of sulfonamides is 1. The van der Waals surface area contributed by atoms with E-state index < -0.39 is 10.0 Å². The van der Waals surface area contributed by atoms with Crippen molar-refractivity contribution in [3.05, 3.63) is 28.2 Å². The standard InChI is InChI=1S/C12H15Cl2NO2S/c1-9-4-2-3-7-15(9)18(16,17)10-5-6-11(13)12(14)8-10/h5-6,8-9H,2-4,7H2,1H3. The molecule has 1 atom stereocenters. The summed E-state index contributed by atoms with van der Waals surface area (Å²) in [5, 5.41) is 0.629. The van der Waals surface area contributed by atoms with Gasteiger partial charge in [0.2, 0.25) is 10.0 Å². The van der Waals surface area contributed by atoms with Crippen molar-refractivity contribution >= 4 is 33.2 Å². The molecule has 0 aliphatic carbocycles. The lowest BCUT2D eigenvalue weighted by Crippen LogP contribution is -2.41. The van der Waals surface area contributed by atoms with Crippen molar-refractivity contribution in [2.45, 2.75) is 37.1 Å². The van der Waals surface area contributed by atoms with E-state index >= 15 is 0 Å². The second-order valence-electron chi connectivity index (χ2n) is 4.54. The molecule has 1 unspecified atom stereocenters. The third kappa shape index (κ3) is 2.67. The lowest BCUT2D eigenvalue weighted by molar-refractivity contribution is 0.268. The zero-order chi connectivity index (χ0) is 13.3. The van der Waals surface area contributed by atoms with E-state index in [0.29, 0.717) is 11.6 Å². The normalized spacial score (nSPS) is 22.1. The summed E-state index contributed by atoms with van der Waals surface area (Å²) < 4.78 is 26.5. The van der Waals surface area contributed by atoms with Crippen molar-refractivity contribution in [1.82, 2.24) is 4.31 Å². The summed E-state index contributed by atoms with van der Waals surface area (Å²) in [7, 11) is -3.46. The molecule has 0 aromatic heterocycles. The van der Waals surface area contributed by atoms with E-state index in [-0.39, 0.29) is 16.0 Å². The fourth-order valence-corrected chi connectivity index (χ4v) is 4.29. The van der Waals surface area contributed by atoms with Gasteiger partial charge in [0.25, 0.3) is 0 Å². The van der Waals surface area contributed by atoms with E-state index in [1.807, 2.05) is 6.92 Å². The van der Waals surface area contributed by atoms with Crippen LogP contribution in [-0.4, -0.2) is 25.3 Å². The van der Waals surface area contributed by atoms with Crippen LogP contribution in [0.1, 0.15) is 26.2 Å². The van der Waals surface area contributed by atoms with Crippen LogP contribution >= 0.6 is 23.2 Å². The van der Waals surface area contributed by atoms with Crippen LogP contribution < -0.4 is 0 Å². The monoisotopic (exact) mass is 307 g/mol. The molecule has 1 aliphatic rings. The average Bonchev–Trinajstić information content (AvgIpc) is 2.33. The highest BCUT2D eigenvalue weighted by Crippen LogP contribution is 2.29. The van der Waals surface area contributed by atoms with Gasteiger partial charge in [0.05, 0.1) is 14.9 Å². The van der Waals surface area contributed by atoms with Crippen LogP contribution in [0, 0.1) is 0 Å². The molecule has 1 saturated heterocycles. The number of benzene rings is 1. The van der Waals surface area contributed by atoms with Crippen molar-refractivity contribution < 1.29 is 8.42 Å². The Bertz CT molecular complexity index is 545. The fraction of sp³-hybridized carbons (Fsp3) is 0.500. The summed E-state index contributed by atoms with van der Waals surface area (Å²) in [6.45, 7) is 2.51. The summed E-state index contributed by atoms with van der Waals surface area (Å²) in [5.41, 5.74) is 0. The zero-order valence-corrected chi connectivity index (χ0v) is 12.4. The summed E-state index contributed by atoms with van der Waals surface area (Å²) in [5.74, 6) is 0. The van der Waals surface area contributed by atoms with Gasteiger partial charge in [-0.15, -0.1) is 0 Å². The summed E-state index contributed by atoms with van der Waals surface area (Å²) in [4.78, 5) is 0.214.